The Morgan fingerprint density at radius 3 is 2.24 bits per heavy atom. The first-order valence-electron chi connectivity index (χ1n) is 9.76. The van der Waals surface area contributed by atoms with Crippen LogP contribution in [-0.4, -0.2) is 39.4 Å². The predicted octanol–water partition coefficient (Wildman–Crippen LogP) is 2.52. The summed E-state index contributed by atoms with van der Waals surface area (Å²) in [5.74, 6) is -0.196. The van der Waals surface area contributed by atoms with Gasteiger partial charge in [-0.1, -0.05) is 36.4 Å². The average molecular weight is 414 g/mol. The van der Waals surface area contributed by atoms with Gasteiger partial charge in [-0.05, 0) is 67.9 Å². The zero-order chi connectivity index (χ0) is 20.7. The molecule has 1 heterocycles. The monoisotopic (exact) mass is 413 g/mol. The van der Waals surface area contributed by atoms with Gasteiger partial charge >= 0.3 is 0 Å². The number of benzene rings is 2. The molecular weight excluding hydrogens is 386 g/mol. The number of sulfonamides is 1. The van der Waals surface area contributed by atoms with Crippen molar-refractivity contribution in [3.8, 4) is 0 Å². The fraction of sp³-hybridized carbons (Fsp3) is 0.318. The number of likely N-dealkylation sites (tertiary alicyclic amines) is 1. The minimum Gasteiger partial charge on any atom is -0.348 e. The number of amides is 1. The van der Waals surface area contributed by atoms with Crippen LogP contribution in [0.4, 0.5) is 0 Å². The summed E-state index contributed by atoms with van der Waals surface area (Å²) in [5, 5.41) is 2.86. The summed E-state index contributed by atoms with van der Waals surface area (Å²) in [6, 6.07) is 14.7. The molecule has 2 aromatic rings. The van der Waals surface area contributed by atoms with Crippen LogP contribution in [0.25, 0.3) is 6.08 Å². The van der Waals surface area contributed by atoms with Crippen LogP contribution in [-0.2, 0) is 27.9 Å². The van der Waals surface area contributed by atoms with E-state index in [2.05, 4.69) is 39.2 Å². The van der Waals surface area contributed by atoms with Crippen molar-refractivity contribution in [2.24, 2.45) is 0 Å². The Hall–Kier alpha value is -2.48. The second-order valence-electron chi connectivity index (χ2n) is 7.13. The minimum atomic E-state index is -3.45. The highest BCUT2D eigenvalue weighted by molar-refractivity contribution is 7.89. The lowest BCUT2D eigenvalue weighted by atomic mass is 10.1. The Balaban J connectivity index is 1.48. The minimum absolute atomic E-state index is 0.190. The highest BCUT2D eigenvalue weighted by atomic mass is 32.2. The largest absolute Gasteiger partial charge is 0.348 e. The Morgan fingerprint density at radius 1 is 1.00 bits per heavy atom. The van der Waals surface area contributed by atoms with Crippen LogP contribution >= 0.6 is 0 Å². The molecule has 154 valence electrons. The van der Waals surface area contributed by atoms with Crippen molar-refractivity contribution in [3.05, 3.63) is 71.3 Å². The van der Waals surface area contributed by atoms with E-state index in [1.807, 2.05) is 0 Å². The highest BCUT2D eigenvalue weighted by Gasteiger charge is 2.11. The van der Waals surface area contributed by atoms with Gasteiger partial charge in [0.1, 0.15) is 0 Å². The maximum atomic E-state index is 12.0. The molecule has 0 radical (unpaired) electrons. The molecule has 0 unspecified atom stereocenters. The second kappa shape index (κ2) is 9.82. The van der Waals surface area contributed by atoms with Crippen LogP contribution in [0.1, 0.15) is 29.5 Å². The fourth-order valence-corrected chi connectivity index (χ4v) is 3.99. The molecule has 7 heteroatoms. The number of nitrogens with one attached hydrogen (secondary N) is 2. The van der Waals surface area contributed by atoms with Gasteiger partial charge in [-0.3, -0.25) is 9.69 Å². The molecule has 1 saturated heterocycles. The van der Waals surface area contributed by atoms with E-state index in [9.17, 15) is 13.2 Å². The summed E-state index contributed by atoms with van der Waals surface area (Å²) < 4.78 is 25.7. The van der Waals surface area contributed by atoms with Gasteiger partial charge in [0.2, 0.25) is 15.9 Å². The molecule has 1 fully saturated rings. The van der Waals surface area contributed by atoms with Crippen molar-refractivity contribution >= 4 is 22.0 Å². The molecule has 2 N–H and O–H groups in total. The normalized spacial score (nSPS) is 15.1. The standard InChI is InChI=1S/C22H27N3O3S/c1-23-29(27,28)21-11-8-18(9-12-21)10-13-22(26)24-16-19-4-6-20(7-5-19)17-25-14-2-3-15-25/h4-13,23H,2-3,14-17H2,1H3,(H,24,26)/b13-10+. The third-order valence-corrected chi connectivity index (χ3v) is 6.41. The van der Waals surface area contributed by atoms with Crippen molar-refractivity contribution in [2.75, 3.05) is 20.1 Å². The van der Waals surface area contributed by atoms with E-state index in [0.717, 1.165) is 17.7 Å². The number of hydrogen-bond acceptors (Lipinski definition) is 4. The number of hydrogen-bond donors (Lipinski definition) is 2. The van der Waals surface area contributed by atoms with Crippen LogP contribution < -0.4 is 10.0 Å². The summed E-state index contributed by atoms with van der Waals surface area (Å²) in [6.45, 7) is 3.81. The van der Waals surface area contributed by atoms with E-state index in [-0.39, 0.29) is 10.8 Å². The first kappa shape index (κ1) is 21.2. The molecule has 1 aliphatic heterocycles. The third kappa shape index (κ3) is 6.25. The lowest BCUT2D eigenvalue weighted by Gasteiger charge is -2.14. The summed E-state index contributed by atoms with van der Waals surface area (Å²) in [4.78, 5) is 14.7. The van der Waals surface area contributed by atoms with E-state index >= 15 is 0 Å². The average Bonchev–Trinajstić information content (AvgIpc) is 3.25. The first-order valence-corrected chi connectivity index (χ1v) is 11.2. The molecule has 0 atom stereocenters. The summed E-state index contributed by atoms with van der Waals surface area (Å²) in [5.41, 5.74) is 3.10. The van der Waals surface area contributed by atoms with Crippen LogP contribution in [0.15, 0.2) is 59.5 Å². The summed E-state index contributed by atoms with van der Waals surface area (Å²) in [7, 11) is -2.08. The number of rotatable bonds is 8. The van der Waals surface area contributed by atoms with Gasteiger partial charge in [-0.25, -0.2) is 13.1 Å². The third-order valence-electron chi connectivity index (χ3n) is 4.98. The molecule has 0 saturated carbocycles. The van der Waals surface area contributed by atoms with Gasteiger partial charge in [-0.15, -0.1) is 0 Å². The summed E-state index contributed by atoms with van der Waals surface area (Å²) >= 11 is 0. The van der Waals surface area contributed by atoms with Crippen molar-refractivity contribution in [1.82, 2.24) is 14.9 Å². The number of carbonyl (C=O) groups is 1. The van der Waals surface area contributed by atoms with Gasteiger partial charge in [0.05, 0.1) is 4.90 Å². The molecule has 3 rings (SSSR count). The van der Waals surface area contributed by atoms with Crippen LogP contribution in [0.3, 0.4) is 0 Å². The maximum Gasteiger partial charge on any atom is 0.244 e. The van der Waals surface area contributed by atoms with Gasteiger partial charge in [0.15, 0.2) is 0 Å². The van der Waals surface area contributed by atoms with Crippen molar-refractivity contribution in [3.63, 3.8) is 0 Å². The topological polar surface area (TPSA) is 78.5 Å². The van der Waals surface area contributed by atoms with E-state index in [0.29, 0.717) is 6.54 Å². The van der Waals surface area contributed by atoms with Crippen LogP contribution in [0.2, 0.25) is 0 Å². The Labute approximate surface area is 172 Å². The molecule has 0 spiro atoms. The molecule has 0 bridgehead atoms. The SMILES string of the molecule is CNS(=O)(=O)c1ccc(/C=C/C(=O)NCc2ccc(CN3CCCC3)cc2)cc1. The Morgan fingerprint density at radius 2 is 1.62 bits per heavy atom. The molecular formula is C22H27N3O3S. The van der Waals surface area contributed by atoms with E-state index in [1.165, 1.54) is 56.8 Å². The Kier molecular flexibility index (Phi) is 7.19. The number of carbonyl (C=O) groups excluding carboxylic acids is 1. The van der Waals surface area contributed by atoms with E-state index in [4.69, 9.17) is 0 Å². The van der Waals surface area contributed by atoms with E-state index in [1.54, 1.807) is 18.2 Å². The second-order valence-corrected chi connectivity index (χ2v) is 9.01. The van der Waals surface area contributed by atoms with Gasteiger partial charge in [-0.2, -0.15) is 0 Å². The van der Waals surface area contributed by atoms with Gasteiger partial charge < -0.3 is 5.32 Å². The van der Waals surface area contributed by atoms with Crippen molar-refractivity contribution in [2.45, 2.75) is 30.8 Å². The van der Waals surface area contributed by atoms with Crippen LogP contribution in [0.5, 0.6) is 0 Å². The zero-order valence-electron chi connectivity index (χ0n) is 16.6. The van der Waals surface area contributed by atoms with Gasteiger partial charge in [0.25, 0.3) is 0 Å². The smallest absolute Gasteiger partial charge is 0.244 e. The van der Waals surface area contributed by atoms with Crippen LogP contribution in [0, 0.1) is 0 Å². The lowest BCUT2D eigenvalue weighted by molar-refractivity contribution is -0.116. The molecule has 1 aliphatic rings. The fourth-order valence-electron chi connectivity index (χ4n) is 3.26. The van der Waals surface area contributed by atoms with Gasteiger partial charge in [0, 0.05) is 19.2 Å². The maximum absolute atomic E-state index is 12.0. The number of nitrogens with zero attached hydrogens (tertiary/aromatic N) is 1. The molecule has 0 aliphatic carbocycles. The zero-order valence-corrected chi connectivity index (χ0v) is 17.4. The quantitative estimate of drug-likeness (QED) is 0.652. The lowest BCUT2D eigenvalue weighted by Crippen LogP contribution is -2.20. The van der Waals surface area contributed by atoms with Crippen molar-refractivity contribution < 1.29 is 13.2 Å². The Bertz CT molecular complexity index is 946. The molecule has 6 nitrogen and oxygen atoms in total. The first-order chi connectivity index (χ1) is 14.0. The summed E-state index contributed by atoms with van der Waals surface area (Å²) in [6.07, 6.45) is 5.68. The molecule has 2 aromatic carbocycles. The molecule has 29 heavy (non-hydrogen) atoms. The van der Waals surface area contributed by atoms with Crippen molar-refractivity contribution in [1.29, 1.82) is 0 Å². The molecule has 1 amide bonds. The molecule has 0 aromatic heterocycles. The highest BCUT2D eigenvalue weighted by Crippen LogP contribution is 2.14. The predicted molar refractivity (Wildman–Crippen MR) is 115 cm³/mol. The van der Waals surface area contributed by atoms with E-state index < -0.39 is 10.0 Å².